The average molecular weight is 661 g/mol. The van der Waals surface area contributed by atoms with Crippen LogP contribution in [-0.4, -0.2) is 58.0 Å². The summed E-state index contributed by atoms with van der Waals surface area (Å²) in [5.74, 6) is 0.203. The number of aryl methyl sites for hydroxylation is 1. The van der Waals surface area contributed by atoms with Gasteiger partial charge in [-0.1, -0.05) is 36.8 Å². The van der Waals surface area contributed by atoms with E-state index in [1.807, 2.05) is 26.8 Å². The molecule has 0 unspecified atom stereocenters. The Morgan fingerprint density at radius 3 is 2.26 bits per heavy atom. The highest BCUT2D eigenvalue weighted by Crippen LogP contribution is 2.31. The van der Waals surface area contributed by atoms with Crippen LogP contribution in [0.25, 0.3) is 0 Å². The van der Waals surface area contributed by atoms with E-state index in [1.165, 1.54) is 24.1 Å². The summed E-state index contributed by atoms with van der Waals surface area (Å²) in [5, 5.41) is 2.93. The fourth-order valence-corrected chi connectivity index (χ4v) is 6.32. The highest BCUT2D eigenvalue weighted by molar-refractivity contribution is 9.10. The molecular weight excluding hydrogens is 622 g/mol. The highest BCUT2D eigenvalue weighted by atomic mass is 79.9. The Hall–Kier alpha value is -3.57. The van der Waals surface area contributed by atoms with Crippen LogP contribution in [-0.2, 0) is 26.2 Å². The smallest absolute Gasteiger partial charge is 0.264 e. The molecule has 3 aromatic rings. The topological polar surface area (TPSA) is 105 Å². The fourth-order valence-electron chi connectivity index (χ4n) is 4.19. The second-order valence-corrected chi connectivity index (χ2v) is 12.7. The van der Waals surface area contributed by atoms with Gasteiger partial charge in [0.05, 0.1) is 29.3 Å². The number of carbonyl (C=O) groups is 2. The van der Waals surface area contributed by atoms with Crippen LogP contribution in [0.5, 0.6) is 11.5 Å². The Balaban J connectivity index is 2.05. The van der Waals surface area contributed by atoms with Crippen molar-refractivity contribution in [3.8, 4) is 11.5 Å². The number of hydrogen-bond donors (Lipinski definition) is 1. The minimum absolute atomic E-state index is 0.0227. The van der Waals surface area contributed by atoms with Crippen LogP contribution >= 0.6 is 15.9 Å². The molecule has 0 aliphatic heterocycles. The molecule has 0 aromatic heterocycles. The van der Waals surface area contributed by atoms with Crippen molar-refractivity contribution < 1.29 is 27.5 Å². The normalized spacial score (nSPS) is 12.6. The van der Waals surface area contributed by atoms with Crippen LogP contribution in [0.4, 0.5) is 5.69 Å². The van der Waals surface area contributed by atoms with Crippen molar-refractivity contribution in [3.63, 3.8) is 0 Å². The minimum atomic E-state index is -4.22. The Morgan fingerprint density at radius 1 is 0.976 bits per heavy atom. The molecule has 0 spiro atoms. The first-order valence-corrected chi connectivity index (χ1v) is 15.8. The molecule has 0 radical (unpaired) electrons. The van der Waals surface area contributed by atoms with Crippen molar-refractivity contribution in [3.05, 3.63) is 82.3 Å². The molecule has 0 saturated heterocycles. The lowest BCUT2D eigenvalue weighted by Crippen LogP contribution is -2.52. The second-order valence-electron chi connectivity index (χ2n) is 10.0. The summed E-state index contributed by atoms with van der Waals surface area (Å²) in [6.07, 6.45) is 0.721. The zero-order chi connectivity index (χ0) is 31.0. The Morgan fingerprint density at radius 2 is 1.67 bits per heavy atom. The van der Waals surface area contributed by atoms with Crippen molar-refractivity contribution in [1.29, 1.82) is 0 Å². The number of carbonyl (C=O) groups excluding carboxylic acids is 2. The molecule has 3 rings (SSSR count). The second kappa shape index (κ2) is 14.6. The van der Waals surface area contributed by atoms with Crippen molar-refractivity contribution in [2.45, 2.75) is 57.6 Å². The number of benzene rings is 3. The van der Waals surface area contributed by atoms with E-state index in [4.69, 9.17) is 9.47 Å². The first kappa shape index (κ1) is 32.9. The predicted molar refractivity (Wildman–Crippen MR) is 167 cm³/mol. The summed E-state index contributed by atoms with van der Waals surface area (Å²) < 4.78 is 40.2. The van der Waals surface area contributed by atoms with Gasteiger partial charge in [-0.15, -0.1) is 0 Å². The number of rotatable bonds is 13. The SMILES string of the molecule is CC[C@@H](C)NC(=O)[C@@H](C)N(Cc1cccc(OC)c1)C(=O)CN(c1ccc(C)cc1)S(=O)(=O)c1ccc(OC)c(Br)c1. The van der Waals surface area contributed by atoms with Crippen molar-refractivity contribution >= 4 is 43.5 Å². The van der Waals surface area contributed by atoms with Crippen molar-refractivity contribution in [1.82, 2.24) is 10.2 Å². The summed E-state index contributed by atoms with van der Waals surface area (Å²) in [4.78, 5) is 28.7. The molecule has 9 nitrogen and oxygen atoms in total. The van der Waals surface area contributed by atoms with Gasteiger partial charge in [-0.3, -0.25) is 13.9 Å². The lowest BCUT2D eigenvalue weighted by atomic mass is 10.1. The first-order valence-electron chi connectivity index (χ1n) is 13.6. The predicted octanol–water partition coefficient (Wildman–Crippen LogP) is 5.30. The molecule has 42 heavy (non-hydrogen) atoms. The Kier molecular flexibility index (Phi) is 11.4. The number of nitrogens with one attached hydrogen (secondary N) is 1. The van der Waals surface area contributed by atoms with E-state index in [2.05, 4.69) is 21.2 Å². The third-order valence-corrected chi connectivity index (χ3v) is 9.36. The van der Waals surface area contributed by atoms with Gasteiger partial charge in [-0.2, -0.15) is 0 Å². The van der Waals surface area contributed by atoms with E-state index in [0.717, 1.165) is 21.9 Å². The van der Waals surface area contributed by atoms with Crippen LogP contribution in [0.2, 0.25) is 0 Å². The third kappa shape index (κ3) is 8.04. The highest BCUT2D eigenvalue weighted by Gasteiger charge is 2.33. The number of halogens is 1. The molecule has 3 aromatic carbocycles. The van der Waals surface area contributed by atoms with Gasteiger partial charge in [0.2, 0.25) is 11.8 Å². The van der Waals surface area contributed by atoms with Crippen LogP contribution in [0.1, 0.15) is 38.3 Å². The van der Waals surface area contributed by atoms with E-state index >= 15 is 0 Å². The average Bonchev–Trinajstić information content (AvgIpc) is 2.98. The molecule has 0 fully saturated rings. The molecule has 2 amide bonds. The maximum atomic E-state index is 14.1. The van der Waals surface area contributed by atoms with Crippen LogP contribution in [0, 0.1) is 6.92 Å². The standard InChI is InChI=1S/C31H38BrN3O6S/c1-7-22(3)33-31(37)23(4)34(19-24-9-8-10-26(17-24)40-5)30(36)20-35(25-13-11-21(2)12-14-25)42(38,39)27-15-16-29(41-6)28(32)18-27/h8-18,22-23H,7,19-20H2,1-6H3,(H,33,37)/t22-,23-/m1/s1. The number of ether oxygens (including phenoxy) is 2. The van der Waals surface area contributed by atoms with Gasteiger partial charge in [0.15, 0.2) is 0 Å². The van der Waals surface area contributed by atoms with Crippen LogP contribution in [0.15, 0.2) is 76.1 Å². The summed E-state index contributed by atoms with van der Waals surface area (Å²) >= 11 is 3.36. The largest absolute Gasteiger partial charge is 0.497 e. The molecule has 0 bridgehead atoms. The summed E-state index contributed by atoms with van der Waals surface area (Å²) in [5.41, 5.74) is 1.98. The summed E-state index contributed by atoms with van der Waals surface area (Å²) in [7, 11) is -1.18. The van der Waals surface area contributed by atoms with Gasteiger partial charge < -0.3 is 19.7 Å². The number of sulfonamides is 1. The minimum Gasteiger partial charge on any atom is -0.497 e. The lowest BCUT2D eigenvalue weighted by molar-refractivity contribution is -0.139. The maximum Gasteiger partial charge on any atom is 0.264 e. The Bertz CT molecular complexity index is 1500. The summed E-state index contributed by atoms with van der Waals surface area (Å²) in [6, 6.07) is 17.5. The zero-order valence-electron chi connectivity index (χ0n) is 24.8. The Labute approximate surface area is 257 Å². The number of hydrogen-bond acceptors (Lipinski definition) is 6. The van der Waals surface area contributed by atoms with Gasteiger partial charge in [0.1, 0.15) is 24.1 Å². The maximum absolute atomic E-state index is 14.1. The van der Waals surface area contributed by atoms with E-state index in [0.29, 0.717) is 21.7 Å². The number of amides is 2. The van der Waals surface area contributed by atoms with E-state index in [9.17, 15) is 18.0 Å². The van der Waals surface area contributed by atoms with Crippen molar-refractivity contribution in [2.75, 3.05) is 25.1 Å². The molecular formula is C31H38BrN3O6S. The van der Waals surface area contributed by atoms with E-state index in [1.54, 1.807) is 62.6 Å². The van der Waals surface area contributed by atoms with Gasteiger partial charge in [0, 0.05) is 12.6 Å². The molecule has 0 heterocycles. The monoisotopic (exact) mass is 659 g/mol. The van der Waals surface area contributed by atoms with Gasteiger partial charge in [-0.25, -0.2) is 8.42 Å². The van der Waals surface area contributed by atoms with Gasteiger partial charge >= 0.3 is 0 Å². The number of anilines is 1. The van der Waals surface area contributed by atoms with Gasteiger partial charge in [0.25, 0.3) is 10.0 Å². The molecule has 0 aliphatic rings. The van der Waals surface area contributed by atoms with E-state index < -0.39 is 28.5 Å². The molecule has 226 valence electrons. The van der Waals surface area contributed by atoms with Crippen LogP contribution in [0.3, 0.4) is 0 Å². The van der Waals surface area contributed by atoms with Crippen molar-refractivity contribution in [2.24, 2.45) is 0 Å². The molecule has 0 aliphatic carbocycles. The fraction of sp³-hybridized carbons (Fsp3) is 0.355. The molecule has 2 atom stereocenters. The van der Waals surface area contributed by atoms with Crippen LogP contribution < -0.4 is 19.1 Å². The first-order chi connectivity index (χ1) is 19.9. The van der Waals surface area contributed by atoms with E-state index in [-0.39, 0.29) is 23.4 Å². The number of nitrogens with zero attached hydrogens (tertiary/aromatic N) is 2. The van der Waals surface area contributed by atoms with Gasteiger partial charge in [-0.05, 0) is 91.1 Å². The number of methoxy groups -OCH3 is 2. The lowest BCUT2D eigenvalue weighted by Gasteiger charge is -2.32. The zero-order valence-corrected chi connectivity index (χ0v) is 27.2. The quantitative estimate of drug-likeness (QED) is 0.267. The summed E-state index contributed by atoms with van der Waals surface area (Å²) in [6.45, 7) is 6.91. The molecule has 1 N–H and O–H groups in total. The molecule has 11 heteroatoms. The molecule has 0 saturated carbocycles. The third-order valence-electron chi connectivity index (χ3n) is 6.97.